The maximum Gasteiger partial charge on any atom is 0.144 e. The lowest BCUT2D eigenvalue weighted by Crippen LogP contribution is -1.96. The van der Waals surface area contributed by atoms with E-state index in [4.69, 9.17) is 4.74 Å². The molecule has 1 aliphatic heterocycles. The van der Waals surface area contributed by atoms with Crippen molar-refractivity contribution in [3.8, 4) is 5.75 Å². The van der Waals surface area contributed by atoms with Gasteiger partial charge in [-0.3, -0.25) is 4.98 Å². The summed E-state index contributed by atoms with van der Waals surface area (Å²) in [6, 6.07) is 0. The van der Waals surface area contributed by atoms with Gasteiger partial charge in [0.1, 0.15) is 11.9 Å². The van der Waals surface area contributed by atoms with Crippen molar-refractivity contribution in [1.82, 2.24) is 4.98 Å². The molecule has 12 heavy (non-hydrogen) atoms. The topological polar surface area (TPSA) is 22.1 Å². The molecule has 1 fully saturated rings. The normalized spacial score (nSPS) is 29.2. The van der Waals surface area contributed by atoms with Crippen molar-refractivity contribution >= 4 is 0 Å². The monoisotopic (exact) mass is 161 g/mol. The number of hydrogen-bond acceptors (Lipinski definition) is 2. The SMILES string of the molecule is Cc1cnc(C)c2c1C1CC1O2. The lowest BCUT2D eigenvalue weighted by Gasteiger charge is -2.07. The van der Waals surface area contributed by atoms with E-state index in [0.717, 1.165) is 11.4 Å². The number of nitrogens with zero attached hydrogens (tertiary/aromatic N) is 1. The van der Waals surface area contributed by atoms with E-state index in [1.54, 1.807) is 0 Å². The van der Waals surface area contributed by atoms with Crippen LogP contribution in [-0.4, -0.2) is 11.1 Å². The second-order valence-electron chi connectivity index (χ2n) is 3.77. The summed E-state index contributed by atoms with van der Waals surface area (Å²) in [5, 5.41) is 0. The molecule has 2 heterocycles. The van der Waals surface area contributed by atoms with Gasteiger partial charge >= 0.3 is 0 Å². The van der Waals surface area contributed by atoms with Gasteiger partial charge in [0.15, 0.2) is 0 Å². The number of ether oxygens (including phenoxy) is 1. The van der Waals surface area contributed by atoms with Gasteiger partial charge in [0.05, 0.1) is 5.69 Å². The quantitative estimate of drug-likeness (QED) is 0.580. The van der Waals surface area contributed by atoms with E-state index >= 15 is 0 Å². The van der Waals surface area contributed by atoms with Crippen molar-refractivity contribution < 1.29 is 4.74 Å². The van der Waals surface area contributed by atoms with Crippen LogP contribution in [0.5, 0.6) is 5.75 Å². The molecule has 1 aromatic rings. The molecule has 0 N–H and O–H groups in total. The van der Waals surface area contributed by atoms with Gasteiger partial charge in [-0.2, -0.15) is 0 Å². The molecule has 0 bridgehead atoms. The van der Waals surface area contributed by atoms with E-state index in [1.807, 2.05) is 13.1 Å². The highest BCUT2D eigenvalue weighted by atomic mass is 16.5. The van der Waals surface area contributed by atoms with Crippen LogP contribution in [0.4, 0.5) is 0 Å². The first-order valence-corrected chi connectivity index (χ1v) is 4.40. The van der Waals surface area contributed by atoms with Gasteiger partial charge < -0.3 is 4.74 Å². The maximum atomic E-state index is 5.73. The van der Waals surface area contributed by atoms with Crippen LogP contribution in [0, 0.1) is 13.8 Å². The lowest BCUT2D eigenvalue weighted by molar-refractivity contribution is 0.315. The minimum absolute atomic E-state index is 0.488. The summed E-state index contributed by atoms with van der Waals surface area (Å²) in [5.41, 5.74) is 3.76. The molecular weight excluding hydrogens is 150 g/mol. The summed E-state index contributed by atoms with van der Waals surface area (Å²) in [6.45, 7) is 4.14. The molecule has 1 saturated carbocycles. The van der Waals surface area contributed by atoms with Gasteiger partial charge in [-0.05, 0) is 25.8 Å². The molecule has 1 aliphatic carbocycles. The van der Waals surface area contributed by atoms with Gasteiger partial charge in [-0.25, -0.2) is 0 Å². The molecule has 0 radical (unpaired) electrons. The van der Waals surface area contributed by atoms with Gasteiger partial charge in [-0.1, -0.05) is 0 Å². The third-order valence-electron chi connectivity index (χ3n) is 2.82. The largest absolute Gasteiger partial charge is 0.488 e. The summed E-state index contributed by atoms with van der Waals surface area (Å²) in [5.74, 6) is 1.76. The third kappa shape index (κ3) is 0.631. The van der Waals surface area contributed by atoms with Crippen molar-refractivity contribution in [1.29, 1.82) is 0 Å². The van der Waals surface area contributed by atoms with Crippen LogP contribution in [0.1, 0.15) is 29.2 Å². The van der Waals surface area contributed by atoms with Crippen LogP contribution in [0.15, 0.2) is 6.20 Å². The van der Waals surface area contributed by atoms with Gasteiger partial charge in [-0.15, -0.1) is 0 Å². The van der Waals surface area contributed by atoms with Crippen molar-refractivity contribution in [2.45, 2.75) is 32.3 Å². The molecular formula is C10H11NO. The van der Waals surface area contributed by atoms with E-state index in [9.17, 15) is 0 Å². The zero-order chi connectivity index (χ0) is 8.29. The molecule has 0 amide bonds. The van der Waals surface area contributed by atoms with Crippen LogP contribution in [0.25, 0.3) is 0 Å². The fourth-order valence-corrected chi connectivity index (χ4v) is 2.06. The molecule has 2 atom stereocenters. The van der Waals surface area contributed by atoms with Crippen LogP contribution in [-0.2, 0) is 0 Å². The number of rotatable bonds is 0. The standard InChI is InChI=1S/C10H11NO/c1-5-4-11-6(2)10-9(5)7-3-8(7)12-10/h4,7-8H,3H2,1-2H3. The van der Waals surface area contributed by atoms with Gasteiger partial charge in [0.25, 0.3) is 0 Å². The Morgan fingerprint density at radius 3 is 3.08 bits per heavy atom. The van der Waals surface area contributed by atoms with Crippen LogP contribution >= 0.6 is 0 Å². The number of fused-ring (bicyclic) bond motifs is 3. The van der Waals surface area contributed by atoms with Crippen molar-refractivity contribution in [3.63, 3.8) is 0 Å². The summed E-state index contributed by atoms with van der Waals surface area (Å²) >= 11 is 0. The Balaban J connectivity index is 2.28. The number of aryl methyl sites for hydroxylation is 2. The maximum absolute atomic E-state index is 5.73. The Kier molecular flexibility index (Phi) is 0.978. The van der Waals surface area contributed by atoms with Crippen LogP contribution in [0.2, 0.25) is 0 Å². The predicted octanol–water partition coefficient (Wildman–Crippen LogP) is 1.95. The van der Waals surface area contributed by atoms with Crippen molar-refractivity contribution in [3.05, 3.63) is 23.0 Å². The van der Waals surface area contributed by atoms with E-state index in [0.29, 0.717) is 12.0 Å². The predicted molar refractivity (Wildman–Crippen MR) is 45.5 cm³/mol. The first-order valence-electron chi connectivity index (χ1n) is 4.40. The molecule has 0 spiro atoms. The first-order chi connectivity index (χ1) is 5.77. The number of pyridine rings is 1. The fraction of sp³-hybridized carbons (Fsp3) is 0.500. The minimum atomic E-state index is 0.488. The molecule has 2 heteroatoms. The van der Waals surface area contributed by atoms with Gasteiger partial charge in [0, 0.05) is 17.7 Å². The molecule has 62 valence electrons. The second kappa shape index (κ2) is 1.82. The highest BCUT2D eigenvalue weighted by Gasteiger charge is 2.49. The van der Waals surface area contributed by atoms with Crippen LogP contribution in [0.3, 0.4) is 0 Å². The van der Waals surface area contributed by atoms with E-state index in [2.05, 4.69) is 11.9 Å². The summed E-state index contributed by atoms with van der Waals surface area (Å²) < 4.78 is 5.73. The first kappa shape index (κ1) is 6.46. The summed E-state index contributed by atoms with van der Waals surface area (Å²) in [7, 11) is 0. The molecule has 0 saturated heterocycles. The molecule has 2 nitrogen and oxygen atoms in total. The Bertz CT molecular complexity index is 359. The highest BCUT2D eigenvalue weighted by molar-refractivity contribution is 5.51. The van der Waals surface area contributed by atoms with Crippen molar-refractivity contribution in [2.75, 3.05) is 0 Å². The van der Waals surface area contributed by atoms with Crippen LogP contribution < -0.4 is 4.74 Å². The third-order valence-corrected chi connectivity index (χ3v) is 2.82. The number of hydrogen-bond donors (Lipinski definition) is 0. The Morgan fingerprint density at radius 1 is 1.50 bits per heavy atom. The highest BCUT2D eigenvalue weighted by Crippen LogP contribution is 2.55. The fourth-order valence-electron chi connectivity index (χ4n) is 2.06. The number of aromatic nitrogens is 1. The zero-order valence-corrected chi connectivity index (χ0v) is 7.29. The van der Waals surface area contributed by atoms with Gasteiger partial charge in [0.2, 0.25) is 0 Å². The van der Waals surface area contributed by atoms with E-state index in [1.165, 1.54) is 17.5 Å². The summed E-state index contributed by atoms with van der Waals surface area (Å²) in [6.07, 6.45) is 3.66. The van der Waals surface area contributed by atoms with E-state index in [-0.39, 0.29) is 0 Å². The second-order valence-corrected chi connectivity index (χ2v) is 3.77. The Hall–Kier alpha value is -1.05. The smallest absolute Gasteiger partial charge is 0.144 e. The molecule has 3 rings (SSSR count). The molecule has 2 unspecified atom stereocenters. The van der Waals surface area contributed by atoms with Crippen molar-refractivity contribution in [2.24, 2.45) is 0 Å². The Labute approximate surface area is 71.6 Å². The summed E-state index contributed by atoms with van der Waals surface area (Å²) in [4.78, 5) is 4.28. The lowest BCUT2D eigenvalue weighted by atomic mass is 10.1. The average molecular weight is 161 g/mol. The van der Waals surface area contributed by atoms with E-state index < -0.39 is 0 Å². The minimum Gasteiger partial charge on any atom is -0.488 e. The zero-order valence-electron chi connectivity index (χ0n) is 7.29. The average Bonchev–Trinajstić information content (AvgIpc) is 2.71. The Morgan fingerprint density at radius 2 is 2.33 bits per heavy atom. The molecule has 0 aromatic carbocycles. The molecule has 1 aromatic heterocycles. The molecule has 2 aliphatic rings.